The number of aromatic nitrogens is 1. The lowest BCUT2D eigenvalue weighted by molar-refractivity contribution is 0.175. The van der Waals surface area contributed by atoms with Crippen LogP contribution in [0.2, 0.25) is 0 Å². The van der Waals surface area contributed by atoms with Crippen LogP contribution in [0.3, 0.4) is 0 Å². The summed E-state index contributed by atoms with van der Waals surface area (Å²) in [5.74, 6) is 0. The molecule has 2 aromatic rings. The lowest BCUT2D eigenvalue weighted by atomic mass is 10.3. The smallest absolute Gasteiger partial charge is 0.168 e. The second-order valence-electron chi connectivity index (χ2n) is 4.89. The summed E-state index contributed by atoms with van der Waals surface area (Å²) in [4.78, 5) is 9.38. The van der Waals surface area contributed by atoms with E-state index in [4.69, 9.17) is 17.2 Å². The predicted octanol–water partition coefficient (Wildman–Crippen LogP) is 1.92. The van der Waals surface area contributed by atoms with E-state index < -0.39 is 0 Å². The quantitative estimate of drug-likeness (QED) is 0.857. The lowest BCUT2D eigenvalue weighted by Crippen LogP contribution is -2.50. The van der Waals surface area contributed by atoms with Gasteiger partial charge in [-0.15, -0.1) is 11.3 Å². The molecule has 0 atom stereocenters. The molecular formula is C14H18N4S2. The summed E-state index contributed by atoms with van der Waals surface area (Å²) in [5.41, 5.74) is 1.11. The molecule has 1 aliphatic heterocycles. The standard InChI is InChI=1S/C14H18N4S2/c1-15-14(19)18-8-6-17(7-9-18)10-13-16-11-4-2-3-5-12(11)20-13/h2-5H,6-10H2,1H3,(H,15,19). The molecule has 0 unspecified atom stereocenters. The number of para-hydroxylation sites is 1. The summed E-state index contributed by atoms with van der Waals surface area (Å²) in [7, 11) is 1.88. The number of nitrogens with one attached hydrogen (secondary N) is 1. The average Bonchev–Trinajstić information content (AvgIpc) is 2.89. The number of nitrogens with zero attached hydrogens (tertiary/aromatic N) is 3. The minimum atomic E-state index is 0.852. The summed E-state index contributed by atoms with van der Waals surface area (Å²) in [5, 5.41) is 5.10. The van der Waals surface area contributed by atoms with Crippen LogP contribution in [-0.4, -0.2) is 53.1 Å². The summed E-state index contributed by atoms with van der Waals surface area (Å²) in [6.07, 6.45) is 0. The lowest BCUT2D eigenvalue weighted by Gasteiger charge is -2.35. The van der Waals surface area contributed by atoms with Gasteiger partial charge in [0.05, 0.1) is 16.8 Å². The number of benzene rings is 1. The molecular weight excluding hydrogens is 288 g/mol. The number of rotatable bonds is 2. The first-order valence-corrected chi connectivity index (χ1v) is 8.02. The molecule has 0 aliphatic carbocycles. The van der Waals surface area contributed by atoms with E-state index in [9.17, 15) is 0 Å². The number of thiocarbonyl (C=S) groups is 1. The van der Waals surface area contributed by atoms with E-state index in [1.807, 2.05) is 13.1 Å². The molecule has 0 radical (unpaired) electrons. The van der Waals surface area contributed by atoms with Gasteiger partial charge in [-0.25, -0.2) is 4.98 Å². The zero-order valence-corrected chi connectivity index (χ0v) is 13.1. The van der Waals surface area contributed by atoms with Crippen molar-refractivity contribution >= 4 is 38.9 Å². The Bertz CT molecular complexity index is 569. The SMILES string of the molecule is CNC(=S)N1CCN(Cc2nc3ccccc3s2)CC1. The molecule has 0 spiro atoms. The average molecular weight is 306 g/mol. The Morgan fingerprint density at radius 1 is 1.30 bits per heavy atom. The number of hydrogen-bond donors (Lipinski definition) is 1. The molecule has 2 heterocycles. The maximum Gasteiger partial charge on any atom is 0.168 e. The summed E-state index contributed by atoms with van der Waals surface area (Å²) < 4.78 is 1.28. The molecule has 6 heteroatoms. The Hall–Kier alpha value is -1.24. The van der Waals surface area contributed by atoms with Crippen LogP contribution in [0, 0.1) is 0 Å². The van der Waals surface area contributed by atoms with Crippen molar-refractivity contribution in [3.8, 4) is 0 Å². The molecule has 0 saturated carbocycles. The number of thiazole rings is 1. The molecule has 4 nitrogen and oxygen atoms in total. The highest BCUT2D eigenvalue weighted by Gasteiger charge is 2.19. The largest absolute Gasteiger partial charge is 0.366 e. The van der Waals surface area contributed by atoms with Crippen LogP contribution in [-0.2, 0) is 6.54 Å². The summed E-state index contributed by atoms with van der Waals surface area (Å²) >= 11 is 7.07. The molecule has 3 rings (SSSR count). The molecule has 106 valence electrons. The Kier molecular flexibility index (Phi) is 4.14. The number of hydrogen-bond acceptors (Lipinski definition) is 4. The maximum atomic E-state index is 5.27. The van der Waals surface area contributed by atoms with Crippen LogP contribution in [0.15, 0.2) is 24.3 Å². The van der Waals surface area contributed by atoms with E-state index in [-0.39, 0.29) is 0 Å². The first-order valence-electron chi connectivity index (χ1n) is 6.80. The van der Waals surface area contributed by atoms with E-state index >= 15 is 0 Å². The van der Waals surface area contributed by atoms with Crippen molar-refractivity contribution in [3.63, 3.8) is 0 Å². The zero-order valence-electron chi connectivity index (χ0n) is 11.5. The molecule has 20 heavy (non-hydrogen) atoms. The van der Waals surface area contributed by atoms with Crippen molar-refractivity contribution in [1.29, 1.82) is 0 Å². The van der Waals surface area contributed by atoms with Gasteiger partial charge in [-0.2, -0.15) is 0 Å². The molecule has 1 N–H and O–H groups in total. The van der Waals surface area contributed by atoms with Gasteiger partial charge < -0.3 is 10.2 Å². The fourth-order valence-corrected chi connectivity index (χ4v) is 3.64. The highest BCUT2D eigenvalue weighted by Crippen LogP contribution is 2.22. The van der Waals surface area contributed by atoms with Gasteiger partial charge in [0.1, 0.15) is 5.01 Å². The Morgan fingerprint density at radius 3 is 2.75 bits per heavy atom. The van der Waals surface area contributed by atoms with Crippen molar-refractivity contribution < 1.29 is 0 Å². The third-order valence-corrected chi connectivity index (χ3v) is 5.05. The third-order valence-electron chi connectivity index (χ3n) is 3.57. The van der Waals surface area contributed by atoms with E-state index in [0.29, 0.717) is 0 Å². The van der Waals surface area contributed by atoms with Crippen molar-refractivity contribution in [1.82, 2.24) is 20.1 Å². The fraction of sp³-hybridized carbons (Fsp3) is 0.429. The molecule has 1 aliphatic rings. The minimum absolute atomic E-state index is 0.852. The topological polar surface area (TPSA) is 31.4 Å². The van der Waals surface area contributed by atoms with Crippen LogP contribution in [0.25, 0.3) is 10.2 Å². The van der Waals surface area contributed by atoms with Crippen LogP contribution in [0.1, 0.15) is 5.01 Å². The van der Waals surface area contributed by atoms with Crippen LogP contribution < -0.4 is 5.32 Å². The highest BCUT2D eigenvalue weighted by molar-refractivity contribution is 7.80. The second-order valence-corrected chi connectivity index (χ2v) is 6.40. The van der Waals surface area contributed by atoms with Crippen molar-refractivity contribution in [2.24, 2.45) is 0 Å². The molecule has 1 aromatic carbocycles. The first-order chi connectivity index (χ1) is 9.76. The van der Waals surface area contributed by atoms with Crippen LogP contribution in [0.4, 0.5) is 0 Å². The van der Waals surface area contributed by atoms with Gasteiger partial charge in [-0.3, -0.25) is 4.90 Å². The van der Waals surface area contributed by atoms with Gasteiger partial charge in [0.25, 0.3) is 0 Å². The minimum Gasteiger partial charge on any atom is -0.366 e. The zero-order chi connectivity index (χ0) is 13.9. The monoisotopic (exact) mass is 306 g/mol. The second kappa shape index (κ2) is 6.03. The van der Waals surface area contributed by atoms with Gasteiger partial charge in [-0.05, 0) is 24.4 Å². The molecule has 0 amide bonds. The first kappa shape index (κ1) is 13.7. The third kappa shape index (κ3) is 2.92. The van der Waals surface area contributed by atoms with E-state index in [2.05, 4.69) is 33.3 Å². The van der Waals surface area contributed by atoms with Gasteiger partial charge >= 0.3 is 0 Å². The van der Waals surface area contributed by atoms with Crippen molar-refractivity contribution in [2.45, 2.75) is 6.54 Å². The van der Waals surface area contributed by atoms with Gasteiger partial charge in [0.15, 0.2) is 5.11 Å². The predicted molar refractivity (Wildman–Crippen MR) is 88.1 cm³/mol. The summed E-state index contributed by atoms with van der Waals surface area (Å²) in [6, 6.07) is 8.34. The molecule has 1 aromatic heterocycles. The fourth-order valence-electron chi connectivity index (χ4n) is 2.45. The van der Waals surface area contributed by atoms with Crippen LogP contribution in [0.5, 0.6) is 0 Å². The summed E-state index contributed by atoms with van der Waals surface area (Å²) in [6.45, 7) is 5.00. The van der Waals surface area contributed by atoms with Crippen molar-refractivity contribution in [3.05, 3.63) is 29.3 Å². The molecule has 0 bridgehead atoms. The number of fused-ring (bicyclic) bond motifs is 1. The normalized spacial score (nSPS) is 16.6. The van der Waals surface area contributed by atoms with E-state index in [0.717, 1.165) is 43.4 Å². The van der Waals surface area contributed by atoms with E-state index in [1.165, 1.54) is 9.71 Å². The Labute approximate surface area is 128 Å². The molecule has 1 saturated heterocycles. The van der Waals surface area contributed by atoms with E-state index in [1.54, 1.807) is 11.3 Å². The maximum absolute atomic E-state index is 5.27. The Morgan fingerprint density at radius 2 is 2.05 bits per heavy atom. The van der Waals surface area contributed by atoms with Gasteiger partial charge in [0, 0.05) is 33.2 Å². The Balaban J connectivity index is 1.60. The highest BCUT2D eigenvalue weighted by atomic mass is 32.1. The van der Waals surface area contributed by atoms with Gasteiger partial charge in [-0.1, -0.05) is 12.1 Å². The number of piperazine rings is 1. The van der Waals surface area contributed by atoms with Crippen molar-refractivity contribution in [2.75, 3.05) is 33.2 Å². The van der Waals surface area contributed by atoms with Gasteiger partial charge in [0.2, 0.25) is 0 Å². The molecule has 1 fully saturated rings. The van der Waals surface area contributed by atoms with Crippen LogP contribution >= 0.6 is 23.6 Å².